The molecule has 1 fully saturated rings. The topological polar surface area (TPSA) is 124 Å². The summed E-state index contributed by atoms with van der Waals surface area (Å²) >= 11 is 0. The molecule has 0 saturated carbocycles. The summed E-state index contributed by atoms with van der Waals surface area (Å²) in [6.07, 6.45) is 8.16. The number of nitrogens with zero attached hydrogens (tertiary/aromatic N) is 6. The maximum Gasteiger partial charge on any atom is 0.319 e. The lowest BCUT2D eigenvalue weighted by atomic mass is 10.1. The minimum Gasteiger partial charge on any atom is -0.505 e. The first-order valence-electron chi connectivity index (χ1n) is 9.57. The van der Waals surface area contributed by atoms with E-state index < -0.39 is 12.1 Å². The fourth-order valence-electron chi connectivity index (χ4n) is 3.63. The summed E-state index contributed by atoms with van der Waals surface area (Å²) in [6, 6.07) is 0.189. The van der Waals surface area contributed by atoms with Crippen LogP contribution in [0.15, 0.2) is 35.9 Å². The van der Waals surface area contributed by atoms with Crippen molar-refractivity contribution >= 4 is 10.9 Å². The van der Waals surface area contributed by atoms with E-state index >= 15 is 0 Å². The predicted octanol–water partition coefficient (Wildman–Crippen LogP) is 2.50. The van der Waals surface area contributed by atoms with Crippen LogP contribution in [0.4, 0.5) is 8.78 Å². The van der Waals surface area contributed by atoms with Crippen molar-refractivity contribution in [1.82, 2.24) is 34.3 Å². The largest absolute Gasteiger partial charge is 0.505 e. The SMILES string of the molecule is O=c1[nH]c(-c2cnn(C3CCOCC3)c2)nc2c(-c3cn(C(F)F)cn3)ncc(O)c12. The molecule has 31 heavy (non-hydrogen) atoms. The fraction of sp³-hybridized carbons (Fsp3) is 0.316. The smallest absolute Gasteiger partial charge is 0.319 e. The van der Waals surface area contributed by atoms with E-state index in [4.69, 9.17) is 4.74 Å². The summed E-state index contributed by atoms with van der Waals surface area (Å²) in [5.74, 6) is -0.150. The Bertz CT molecular complexity index is 1310. The molecule has 4 aromatic rings. The fourth-order valence-corrected chi connectivity index (χ4v) is 3.63. The van der Waals surface area contributed by atoms with Crippen LogP contribution in [-0.2, 0) is 4.74 Å². The van der Waals surface area contributed by atoms with E-state index in [0.29, 0.717) is 23.3 Å². The molecule has 0 bridgehead atoms. The summed E-state index contributed by atoms with van der Waals surface area (Å²) in [5.41, 5.74) is 0.242. The first-order chi connectivity index (χ1) is 15.0. The van der Waals surface area contributed by atoms with E-state index in [-0.39, 0.29) is 39.9 Å². The lowest BCUT2D eigenvalue weighted by Gasteiger charge is -2.22. The van der Waals surface area contributed by atoms with Crippen LogP contribution in [0.2, 0.25) is 0 Å². The number of rotatable bonds is 4. The number of H-pyrrole nitrogens is 1. The van der Waals surface area contributed by atoms with Crippen LogP contribution in [0.25, 0.3) is 33.7 Å². The lowest BCUT2D eigenvalue weighted by Crippen LogP contribution is -2.19. The first kappa shape index (κ1) is 19.3. The molecule has 0 atom stereocenters. The highest BCUT2D eigenvalue weighted by Gasteiger charge is 2.20. The highest BCUT2D eigenvalue weighted by atomic mass is 19.3. The van der Waals surface area contributed by atoms with Gasteiger partial charge in [0.25, 0.3) is 5.56 Å². The van der Waals surface area contributed by atoms with Gasteiger partial charge < -0.3 is 14.8 Å². The predicted molar refractivity (Wildman–Crippen MR) is 105 cm³/mol. The third-order valence-electron chi connectivity index (χ3n) is 5.23. The highest BCUT2D eigenvalue weighted by Crippen LogP contribution is 2.30. The first-order valence-corrected chi connectivity index (χ1v) is 9.57. The van der Waals surface area contributed by atoms with Crippen LogP contribution in [0.5, 0.6) is 5.75 Å². The van der Waals surface area contributed by atoms with Crippen molar-refractivity contribution in [3.05, 3.63) is 41.5 Å². The van der Waals surface area contributed by atoms with Crippen LogP contribution in [0, 0.1) is 0 Å². The quantitative estimate of drug-likeness (QED) is 0.511. The van der Waals surface area contributed by atoms with Gasteiger partial charge in [-0.05, 0) is 12.8 Å². The van der Waals surface area contributed by atoms with Gasteiger partial charge in [0.2, 0.25) is 0 Å². The molecule has 0 unspecified atom stereocenters. The van der Waals surface area contributed by atoms with Gasteiger partial charge in [-0.15, -0.1) is 0 Å². The zero-order chi connectivity index (χ0) is 21.5. The number of alkyl halides is 2. The molecule has 0 aromatic carbocycles. The molecule has 1 aliphatic rings. The Labute approximate surface area is 173 Å². The van der Waals surface area contributed by atoms with Crippen LogP contribution < -0.4 is 5.56 Å². The molecule has 0 aliphatic carbocycles. The number of nitrogens with one attached hydrogen (secondary N) is 1. The number of aromatic nitrogens is 7. The van der Waals surface area contributed by atoms with E-state index in [1.165, 1.54) is 0 Å². The zero-order valence-corrected chi connectivity index (χ0v) is 16.1. The van der Waals surface area contributed by atoms with Crippen molar-refractivity contribution < 1.29 is 18.6 Å². The second kappa shape index (κ2) is 7.54. The highest BCUT2D eigenvalue weighted by molar-refractivity contribution is 5.94. The summed E-state index contributed by atoms with van der Waals surface area (Å²) in [4.78, 5) is 27.9. The molecule has 1 aliphatic heterocycles. The molecule has 5 rings (SSSR count). The summed E-state index contributed by atoms with van der Waals surface area (Å²) in [7, 11) is 0. The Morgan fingerprint density at radius 3 is 2.74 bits per heavy atom. The normalized spacial score (nSPS) is 15.2. The molecule has 0 amide bonds. The number of halogens is 2. The van der Waals surface area contributed by atoms with Crippen molar-refractivity contribution in [2.24, 2.45) is 0 Å². The molecule has 160 valence electrons. The molecule has 1 saturated heterocycles. The third kappa shape index (κ3) is 3.44. The Balaban J connectivity index is 1.62. The lowest BCUT2D eigenvalue weighted by molar-refractivity contribution is 0.0662. The molecule has 5 heterocycles. The summed E-state index contributed by atoms with van der Waals surface area (Å²) in [6.45, 7) is -1.46. The van der Waals surface area contributed by atoms with Crippen LogP contribution in [0.3, 0.4) is 0 Å². The number of hydrogen-bond donors (Lipinski definition) is 2. The standard InChI is InChI=1S/C19H17F2N7O3/c20-19(21)27-8-12(23-9-27)15-16-14(13(29)6-22-15)18(30)26-17(25-16)10-5-24-28(7-10)11-1-3-31-4-2-11/h5-9,11,19,29H,1-4H2,(H,25,26,30). The van der Waals surface area contributed by atoms with Gasteiger partial charge in [-0.3, -0.25) is 14.0 Å². The number of aromatic amines is 1. The Hall–Kier alpha value is -3.67. The molecule has 4 aromatic heterocycles. The van der Waals surface area contributed by atoms with Crippen molar-refractivity contribution in [2.45, 2.75) is 25.4 Å². The van der Waals surface area contributed by atoms with Gasteiger partial charge in [0, 0.05) is 25.6 Å². The van der Waals surface area contributed by atoms with E-state index in [2.05, 4.69) is 25.0 Å². The monoisotopic (exact) mass is 429 g/mol. The molecular formula is C19H17F2N7O3. The van der Waals surface area contributed by atoms with Crippen LogP contribution in [0.1, 0.15) is 25.4 Å². The van der Waals surface area contributed by atoms with Gasteiger partial charge in [0.15, 0.2) is 0 Å². The van der Waals surface area contributed by atoms with E-state index in [1.54, 1.807) is 12.4 Å². The Morgan fingerprint density at radius 1 is 1.19 bits per heavy atom. The van der Waals surface area contributed by atoms with E-state index in [1.807, 2.05) is 4.68 Å². The maximum absolute atomic E-state index is 13.0. The molecule has 10 nitrogen and oxygen atoms in total. The number of hydrogen-bond acceptors (Lipinski definition) is 7. The molecular weight excluding hydrogens is 412 g/mol. The number of ether oxygens (including phenoxy) is 1. The average Bonchev–Trinajstić information content (AvgIpc) is 3.45. The van der Waals surface area contributed by atoms with Gasteiger partial charge in [0.05, 0.1) is 30.3 Å². The van der Waals surface area contributed by atoms with Gasteiger partial charge >= 0.3 is 6.55 Å². The van der Waals surface area contributed by atoms with Gasteiger partial charge in [0.1, 0.15) is 33.9 Å². The Morgan fingerprint density at radius 2 is 2.00 bits per heavy atom. The molecule has 0 spiro atoms. The zero-order valence-electron chi connectivity index (χ0n) is 16.1. The third-order valence-corrected chi connectivity index (χ3v) is 5.23. The Kier molecular flexibility index (Phi) is 4.70. The number of fused-ring (bicyclic) bond motifs is 1. The van der Waals surface area contributed by atoms with Gasteiger partial charge in [-0.1, -0.05) is 0 Å². The second-order valence-corrected chi connectivity index (χ2v) is 7.17. The van der Waals surface area contributed by atoms with Crippen molar-refractivity contribution in [2.75, 3.05) is 13.2 Å². The second-order valence-electron chi connectivity index (χ2n) is 7.17. The van der Waals surface area contributed by atoms with E-state index in [0.717, 1.165) is 31.6 Å². The number of imidazole rings is 1. The number of aromatic hydroxyl groups is 1. The minimum atomic E-state index is -2.77. The van der Waals surface area contributed by atoms with Crippen molar-refractivity contribution in [1.29, 1.82) is 0 Å². The van der Waals surface area contributed by atoms with Gasteiger partial charge in [-0.2, -0.15) is 13.9 Å². The molecule has 2 N–H and O–H groups in total. The maximum atomic E-state index is 13.0. The summed E-state index contributed by atoms with van der Waals surface area (Å²) in [5, 5.41) is 14.4. The van der Waals surface area contributed by atoms with Crippen LogP contribution >= 0.6 is 0 Å². The van der Waals surface area contributed by atoms with Crippen LogP contribution in [-0.4, -0.2) is 52.6 Å². The van der Waals surface area contributed by atoms with Gasteiger partial charge in [-0.25, -0.2) is 15.0 Å². The molecule has 12 heteroatoms. The van der Waals surface area contributed by atoms with Crippen molar-refractivity contribution in [3.8, 4) is 28.5 Å². The summed E-state index contributed by atoms with van der Waals surface area (Å²) < 4.78 is 33.7. The number of pyridine rings is 1. The average molecular weight is 429 g/mol. The van der Waals surface area contributed by atoms with E-state index in [9.17, 15) is 18.7 Å². The molecule has 0 radical (unpaired) electrons. The van der Waals surface area contributed by atoms with Crippen molar-refractivity contribution in [3.63, 3.8) is 0 Å². The minimum absolute atomic E-state index is 0.0529.